The summed E-state index contributed by atoms with van der Waals surface area (Å²) in [5, 5.41) is 0. The van der Waals surface area contributed by atoms with Gasteiger partial charge in [0.25, 0.3) is 5.91 Å². The topological polar surface area (TPSA) is 114 Å². The van der Waals surface area contributed by atoms with Crippen LogP contribution in [0.1, 0.15) is 42.4 Å². The van der Waals surface area contributed by atoms with Gasteiger partial charge < -0.3 is 34.3 Å². The Hall–Kier alpha value is -3.41. The number of rotatable bonds is 10. The van der Waals surface area contributed by atoms with Crippen LogP contribution in [0.3, 0.4) is 0 Å². The van der Waals surface area contributed by atoms with Gasteiger partial charge in [0.2, 0.25) is 5.89 Å². The van der Waals surface area contributed by atoms with E-state index in [1.54, 1.807) is 21.7 Å². The number of alkyl halides is 2. The smallest absolute Gasteiger partial charge is 0.387 e. The van der Waals surface area contributed by atoms with Crippen LogP contribution < -0.4 is 15.2 Å². The van der Waals surface area contributed by atoms with Crippen LogP contribution in [-0.4, -0.2) is 84.6 Å². The van der Waals surface area contributed by atoms with Gasteiger partial charge in [-0.2, -0.15) is 8.78 Å². The lowest BCUT2D eigenvalue weighted by Crippen LogP contribution is -2.53. The van der Waals surface area contributed by atoms with E-state index in [2.05, 4.69) is 9.72 Å². The second-order valence-corrected chi connectivity index (χ2v) is 9.27. The van der Waals surface area contributed by atoms with Crippen LogP contribution in [-0.2, 0) is 6.54 Å². The van der Waals surface area contributed by atoms with Crippen LogP contribution in [0.5, 0.6) is 11.5 Å². The van der Waals surface area contributed by atoms with E-state index in [-0.39, 0.29) is 47.3 Å². The number of carbonyl (C=O) groups excluding carboxylic acids is 2. The van der Waals surface area contributed by atoms with E-state index >= 15 is 0 Å². The van der Waals surface area contributed by atoms with Crippen molar-refractivity contribution in [2.24, 2.45) is 11.7 Å². The number of ether oxygens (including phenoxy) is 2. The zero-order valence-electron chi connectivity index (χ0n) is 21.1. The van der Waals surface area contributed by atoms with E-state index in [4.69, 9.17) is 14.9 Å². The minimum atomic E-state index is -2.99. The Kier molecular flexibility index (Phi) is 8.47. The summed E-state index contributed by atoms with van der Waals surface area (Å²) in [5.41, 5.74) is 6.37. The van der Waals surface area contributed by atoms with Crippen LogP contribution in [0.15, 0.2) is 22.6 Å². The Labute approximate surface area is 214 Å². The maximum absolute atomic E-state index is 13.3. The molecule has 1 saturated carbocycles. The molecule has 4 rings (SSSR count). The molecule has 1 aliphatic carbocycles. The molecule has 1 aromatic heterocycles. The van der Waals surface area contributed by atoms with E-state index in [1.807, 2.05) is 6.92 Å². The second-order valence-electron chi connectivity index (χ2n) is 9.27. The van der Waals surface area contributed by atoms with Crippen LogP contribution in [0.4, 0.5) is 13.6 Å². The van der Waals surface area contributed by atoms with Crippen molar-refractivity contribution >= 4 is 11.9 Å². The van der Waals surface area contributed by atoms with Gasteiger partial charge in [0.15, 0.2) is 23.0 Å². The lowest BCUT2D eigenvalue weighted by atomic mass is 10.2. The summed E-state index contributed by atoms with van der Waals surface area (Å²) in [5.74, 6) is 0.471. The highest BCUT2D eigenvalue weighted by atomic mass is 19.3. The van der Waals surface area contributed by atoms with Gasteiger partial charge in [0.05, 0.1) is 13.2 Å². The Morgan fingerprint density at radius 2 is 1.89 bits per heavy atom. The molecular formula is C25H33F2N5O5. The number of amides is 3. The molecule has 1 aliphatic heterocycles. The zero-order chi connectivity index (χ0) is 26.5. The third-order valence-electron chi connectivity index (χ3n) is 6.39. The Bertz CT molecular complexity index is 1100. The zero-order valence-corrected chi connectivity index (χ0v) is 21.1. The predicted octanol–water partition coefficient (Wildman–Crippen LogP) is 3.41. The van der Waals surface area contributed by atoms with Crippen LogP contribution in [0, 0.1) is 5.92 Å². The molecule has 3 amide bonds. The summed E-state index contributed by atoms with van der Waals surface area (Å²) in [4.78, 5) is 35.2. The maximum atomic E-state index is 13.3. The van der Waals surface area contributed by atoms with Crippen molar-refractivity contribution in [2.45, 2.75) is 39.3 Å². The van der Waals surface area contributed by atoms with E-state index in [1.165, 1.54) is 18.2 Å². The number of piperazine rings is 1. The van der Waals surface area contributed by atoms with Gasteiger partial charge in [-0.05, 0) is 43.4 Å². The van der Waals surface area contributed by atoms with Crippen molar-refractivity contribution in [3.63, 3.8) is 0 Å². The van der Waals surface area contributed by atoms with E-state index in [0.29, 0.717) is 50.8 Å². The molecule has 2 heterocycles. The molecule has 0 atom stereocenters. The van der Waals surface area contributed by atoms with E-state index < -0.39 is 6.61 Å². The van der Waals surface area contributed by atoms with Crippen molar-refractivity contribution in [3.05, 3.63) is 29.7 Å². The first-order valence-electron chi connectivity index (χ1n) is 12.5. The second kappa shape index (κ2) is 11.8. The molecule has 2 aliphatic rings. The first-order chi connectivity index (χ1) is 17.8. The summed E-state index contributed by atoms with van der Waals surface area (Å²) < 4.78 is 41.8. The fraction of sp³-hybridized carbons (Fsp3) is 0.560. The number of hydrogen-bond donors (Lipinski definition) is 1. The average Bonchev–Trinajstić information content (AvgIpc) is 3.63. The minimum Gasteiger partial charge on any atom is -0.489 e. The number of halogens is 2. The molecule has 0 radical (unpaired) electrons. The van der Waals surface area contributed by atoms with Gasteiger partial charge >= 0.3 is 12.6 Å². The molecule has 0 spiro atoms. The van der Waals surface area contributed by atoms with Gasteiger partial charge in [-0.25, -0.2) is 9.78 Å². The Morgan fingerprint density at radius 3 is 2.51 bits per heavy atom. The molecule has 10 nitrogen and oxygen atoms in total. The molecule has 2 fully saturated rings. The number of aromatic nitrogens is 1. The standard InChI is InChI=1S/C25H33F2N5O5/c1-3-8-30(2)25(34)32-11-9-31(10-12-32)23(33)21-20(14-28)36-22(29-21)17-6-7-18(37-24(26)27)19(13-17)35-15-16-4-5-16/h6-7,13,16,24H,3-5,8-12,14-15,28H2,1-2H3. The molecular weight excluding hydrogens is 488 g/mol. The molecule has 2 N–H and O–H groups in total. The molecule has 1 saturated heterocycles. The number of nitrogens with two attached hydrogens (primary N) is 1. The first-order valence-corrected chi connectivity index (χ1v) is 12.5. The van der Waals surface area contributed by atoms with E-state index in [0.717, 1.165) is 19.3 Å². The molecule has 0 unspecified atom stereocenters. The molecule has 202 valence electrons. The molecule has 12 heteroatoms. The number of nitrogens with zero attached hydrogens (tertiary/aromatic N) is 4. The molecule has 37 heavy (non-hydrogen) atoms. The third-order valence-corrected chi connectivity index (χ3v) is 6.39. The molecule has 0 bridgehead atoms. The lowest BCUT2D eigenvalue weighted by molar-refractivity contribution is -0.0515. The molecule has 1 aromatic carbocycles. The highest BCUT2D eigenvalue weighted by molar-refractivity contribution is 5.94. The predicted molar refractivity (Wildman–Crippen MR) is 130 cm³/mol. The quantitative estimate of drug-likeness (QED) is 0.510. The number of carbonyl (C=O) groups is 2. The summed E-state index contributed by atoms with van der Waals surface area (Å²) in [6.07, 6.45) is 2.94. The van der Waals surface area contributed by atoms with Gasteiger partial charge in [-0.15, -0.1) is 0 Å². The summed E-state index contributed by atoms with van der Waals surface area (Å²) in [6.45, 7) is 1.57. The minimum absolute atomic E-state index is 0.0497. The van der Waals surface area contributed by atoms with Crippen molar-refractivity contribution in [1.29, 1.82) is 0 Å². The lowest BCUT2D eigenvalue weighted by Gasteiger charge is -2.36. The van der Waals surface area contributed by atoms with Gasteiger partial charge in [-0.1, -0.05) is 6.92 Å². The number of urea groups is 1. The molecule has 2 aromatic rings. The van der Waals surface area contributed by atoms with Crippen molar-refractivity contribution < 1.29 is 32.3 Å². The fourth-order valence-electron chi connectivity index (χ4n) is 4.14. The van der Waals surface area contributed by atoms with Crippen LogP contribution in [0.2, 0.25) is 0 Å². The van der Waals surface area contributed by atoms with E-state index in [9.17, 15) is 18.4 Å². The van der Waals surface area contributed by atoms with Crippen molar-refractivity contribution in [1.82, 2.24) is 19.7 Å². The van der Waals surface area contributed by atoms with Gasteiger partial charge in [-0.3, -0.25) is 4.79 Å². The Morgan fingerprint density at radius 1 is 1.19 bits per heavy atom. The first kappa shape index (κ1) is 26.6. The number of hydrogen-bond acceptors (Lipinski definition) is 7. The maximum Gasteiger partial charge on any atom is 0.387 e. The highest BCUT2D eigenvalue weighted by Gasteiger charge is 2.30. The van der Waals surface area contributed by atoms with Crippen LogP contribution in [0.25, 0.3) is 11.5 Å². The van der Waals surface area contributed by atoms with Crippen molar-refractivity contribution in [3.8, 4) is 23.0 Å². The van der Waals surface area contributed by atoms with Gasteiger partial charge in [0.1, 0.15) is 0 Å². The number of benzene rings is 1. The SMILES string of the molecule is CCCN(C)C(=O)N1CCN(C(=O)c2nc(-c3ccc(OC(F)F)c(OCC4CC4)c3)oc2CN)CC1. The monoisotopic (exact) mass is 521 g/mol. The Balaban J connectivity index is 1.48. The largest absolute Gasteiger partial charge is 0.489 e. The highest BCUT2D eigenvalue weighted by Crippen LogP contribution is 2.36. The van der Waals surface area contributed by atoms with Crippen molar-refractivity contribution in [2.75, 3.05) is 46.4 Å². The van der Waals surface area contributed by atoms with Crippen LogP contribution >= 0.6 is 0 Å². The average molecular weight is 522 g/mol. The summed E-state index contributed by atoms with van der Waals surface area (Å²) in [7, 11) is 1.77. The summed E-state index contributed by atoms with van der Waals surface area (Å²) in [6, 6.07) is 4.33. The normalized spacial score (nSPS) is 15.7. The van der Waals surface area contributed by atoms with Gasteiger partial charge in [0, 0.05) is 45.3 Å². The number of oxazole rings is 1. The third kappa shape index (κ3) is 6.48. The fourth-order valence-corrected chi connectivity index (χ4v) is 4.14. The summed E-state index contributed by atoms with van der Waals surface area (Å²) >= 11 is 0.